The normalized spacial score (nSPS) is 9.67. The predicted octanol–water partition coefficient (Wildman–Crippen LogP) is 3.66. The van der Waals surface area contributed by atoms with Crippen LogP contribution in [0.4, 0.5) is 4.39 Å². The molecule has 1 aromatic carbocycles. The molecule has 0 spiro atoms. The van der Waals surface area contributed by atoms with Crippen LogP contribution in [0.5, 0.6) is 5.75 Å². The molecular weight excluding hydrogens is 261 g/mol. The average molecular weight is 272 g/mol. The van der Waals surface area contributed by atoms with Crippen LogP contribution in [0.2, 0.25) is 0 Å². The van der Waals surface area contributed by atoms with E-state index in [1.54, 1.807) is 12.1 Å². The minimum absolute atomic E-state index is 0.299. The molecular formula is C11H11BrFNO. The average Bonchev–Trinajstić information content (AvgIpc) is 2.23. The lowest BCUT2D eigenvalue weighted by molar-refractivity contribution is 0.307. The number of nitrogens with zero attached hydrogens (tertiary/aromatic N) is 1. The molecule has 0 aromatic heterocycles. The van der Waals surface area contributed by atoms with Gasteiger partial charge < -0.3 is 4.74 Å². The van der Waals surface area contributed by atoms with E-state index in [4.69, 9.17) is 10.00 Å². The second-order valence-electron chi connectivity index (χ2n) is 3.04. The number of halogens is 2. The molecule has 2 nitrogen and oxygen atoms in total. The van der Waals surface area contributed by atoms with Gasteiger partial charge >= 0.3 is 0 Å². The predicted molar refractivity (Wildman–Crippen MR) is 59.1 cm³/mol. The zero-order chi connectivity index (χ0) is 11.1. The molecule has 0 bridgehead atoms. The molecule has 0 aliphatic rings. The molecule has 0 amide bonds. The van der Waals surface area contributed by atoms with E-state index in [1.165, 1.54) is 6.07 Å². The van der Waals surface area contributed by atoms with Crippen LogP contribution in [0.15, 0.2) is 22.7 Å². The van der Waals surface area contributed by atoms with E-state index in [1.807, 2.05) is 0 Å². The highest BCUT2D eigenvalue weighted by Gasteiger charge is 2.00. The van der Waals surface area contributed by atoms with Crippen LogP contribution in [0.1, 0.15) is 19.3 Å². The number of nitriles is 1. The highest BCUT2D eigenvalue weighted by atomic mass is 79.9. The summed E-state index contributed by atoms with van der Waals surface area (Å²) in [6, 6.07) is 6.61. The molecule has 0 heterocycles. The maximum absolute atomic E-state index is 12.8. The Morgan fingerprint density at radius 3 is 2.87 bits per heavy atom. The molecule has 0 fully saturated rings. The van der Waals surface area contributed by atoms with Crippen LogP contribution in [-0.2, 0) is 0 Å². The van der Waals surface area contributed by atoms with Crippen molar-refractivity contribution < 1.29 is 9.13 Å². The fourth-order valence-electron chi connectivity index (χ4n) is 1.06. The fourth-order valence-corrected chi connectivity index (χ4v) is 1.42. The smallest absolute Gasteiger partial charge is 0.137 e. The molecule has 0 saturated heterocycles. The first-order valence-corrected chi connectivity index (χ1v) is 5.48. The lowest BCUT2D eigenvalue weighted by Crippen LogP contribution is -1.97. The Balaban J connectivity index is 2.32. The van der Waals surface area contributed by atoms with E-state index in [-0.39, 0.29) is 5.82 Å². The van der Waals surface area contributed by atoms with E-state index in [9.17, 15) is 4.39 Å². The van der Waals surface area contributed by atoms with Gasteiger partial charge in [-0.1, -0.05) is 0 Å². The van der Waals surface area contributed by atoms with Crippen molar-refractivity contribution in [3.8, 4) is 11.8 Å². The van der Waals surface area contributed by atoms with Crippen LogP contribution in [0.25, 0.3) is 0 Å². The number of unbranched alkanes of at least 4 members (excludes halogenated alkanes) is 2. The van der Waals surface area contributed by atoms with Gasteiger partial charge in [0.15, 0.2) is 0 Å². The Morgan fingerprint density at radius 1 is 1.40 bits per heavy atom. The Kier molecular flexibility index (Phi) is 5.13. The van der Waals surface area contributed by atoms with Gasteiger partial charge in [0, 0.05) is 6.42 Å². The van der Waals surface area contributed by atoms with Crippen LogP contribution >= 0.6 is 15.9 Å². The Bertz CT molecular complexity index is 362. The third-order valence-electron chi connectivity index (χ3n) is 1.84. The van der Waals surface area contributed by atoms with Crippen LogP contribution < -0.4 is 4.74 Å². The Labute approximate surface area is 96.8 Å². The van der Waals surface area contributed by atoms with Gasteiger partial charge in [0.05, 0.1) is 17.1 Å². The van der Waals surface area contributed by atoms with E-state index >= 15 is 0 Å². The topological polar surface area (TPSA) is 33.0 Å². The number of rotatable bonds is 5. The lowest BCUT2D eigenvalue weighted by Gasteiger charge is -2.05. The van der Waals surface area contributed by atoms with Crippen molar-refractivity contribution in [2.24, 2.45) is 0 Å². The zero-order valence-electron chi connectivity index (χ0n) is 8.17. The molecule has 0 aliphatic heterocycles. The molecule has 1 rings (SSSR count). The van der Waals surface area contributed by atoms with E-state index < -0.39 is 0 Å². The zero-order valence-corrected chi connectivity index (χ0v) is 9.76. The quantitative estimate of drug-likeness (QED) is 0.766. The molecule has 0 saturated carbocycles. The standard InChI is InChI=1S/C11H11BrFNO/c12-10-8-9(4-5-11(10)13)15-7-3-1-2-6-14/h4-5,8H,1-3,7H2. The van der Waals surface area contributed by atoms with E-state index in [0.717, 1.165) is 12.8 Å². The summed E-state index contributed by atoms with van der Waals surface area (Å²) in [5.41, 5.74) is 0. The molecule has 80 valence electrons. The Morgan fingerprint density at radius 2 is 2.20 bits per heavy atom. The first kappa shape index (κ1) is 12.0. The SMILES string of the molecule is N#CCCCCOc1ccc(F)c(Br)c1. The summed E-state index contributed by atoms with van der Waals surface area (Å²) in [5, 5.41) is 8.31. The van der Waals surface area contributed by atoms with Gasteiger partial charge in [0.25, 0.3) is 0 Å². The Hall–Kier alpha value is -1.08. The van der Waals surface area contributed by atoms with Crippen molar-refractivity contribution >= 4 is 15.9 Å². The summed E-state index contributed by atoms with van der Waals surface area (Å²) in [6.45, 7) is 0.555. The van der Waals surface area contributed by atoms with Gasteiger partial charge in [-0.2, -0.15) is 5.26 Å². The summed E-state index contributed by atoms with van der Waals surface area (Å²) in [6.07, 6.45) is 2.22. The second-order valence-corrected chi connectivity index (χ2v) is 3.89. The molecule has 0 aliphatic carbocycles. The first-order valence-electron chi connectivity index (χ1n) is 4.69. The maximum Gasteiger partial charge on any atom is 0.137 e. The summed E-state index contributed by atoms with van der Waals surface area (Å²) in [5.74, 6) is 0.340. The van der Waals surface area contributed by atoms with Gasteiger partial charge in [-0.15, -0.1) is 0 Å². The third-order valence-corrected chi connectivity index (χ3v) is 2.45. The highest BCUT2D eigenvalue weighted by Crippen LogP contribution is 2.21. The molecule has 0 N–H and O–H groups in total. The molecule has 1 aromatic rings. The summed E-state index contributed by atoms with van der Waals surface area (Å²) in [7, 11) is 0. The molecule has 15 heavy (non-hydrogen) atoms. The van der Waals surface area contributed by atoms with E-state index in [2.05, 4.69) is 22.0 Å². The van der Waals surface area contributed by atoms with Crippen LogP contribution in [0, 0.1) is 17.1 Å². The van der Waals surface area contributed by atoms with Crippen molar-refractivity contribution in [3.63, 3.8) is 0 Å². The van der Waals surface area contributed by atoms with Crippen molar-refractivity contribution in [2.45, 2.75) is 19.3 Å². The summed E-state index contributed by atoms with van der Waals surface area (Å²) >= 11 is 3.08. The van der Waals surface area contributed by atoms with Crippen LogP contribution in [0.3, 0.4) is 0 Å². The number of hydrogen-bond acceptors (Lipinski definition) is 2. The van der Waals surface area contributed by atoms with Gasteiger partial charge in [-0.05, 0) is 47.0 Å². The van der Waals surface area contributed by atoms with E-state index in [0.29, 0.717) is 23.2 Å². The summed E-state index contributed by atoms with van der Waals surface area (Å²) in [4.78, 5) is 0. The second kappa shape index (κ2) is 6.41. The van der Waals surface area contributed by atoms with Crippen LogP contribution in [-0.4, -0.2) is 6.61 Å². The monoisotopic (exact) mass is 271 g/mol. The first-order chi connectivity index (χ1) is 7.24. The number of hydrogen-bond donors (Lipinski definition) is 0. The van der Waals surface area contributed by atoms with Crippen molar-refractivity contribution in [2.75, 3.05) is 6.61 Å². The minimum Gasteiger partial charge on any atom is -0.494 e. The molecule has 0 unspecified atom stereocenters. The minimum atomic E-state index is -0.299. The lowest BCUT2D eigenvalue weighted by atomic mass is 10.2. The van der Waals surface area contributed by atoms with Gasteiger partial charge in [-0.3, -0.25) is 0 Å². The fraction of sp³-hybridized carbons (Fsp3) is 0.364. The number of benzene rings is 1. The number of ether oxygens (including phenoxy) is 1. The third kappa shape index (κ3) is 4.30. The molecule has 0 radical (unpaired) electrons. The molecule has 4 heteroatoms. The van der Waals surface area contributed by atoms with Gasteiger partial charge in [0.1, 0.15) is 11.6 Å². The summed E-state index contributed by atoms with van der Waals surface area (Å²) < 4.78 is 18.6. The molecule has 0 atom stereocenters. The largest absolute Gasteiger partial charge is 0.494 e. The highest BCUT2D eigenvalue weighted by molar-refractivity contribution is 9.10. The van der Waals surface area contributed by atoms with Gasteiger partial charge in [0.2, 0.25) is 0 Å². The van der Waals surface area contributed by atoms with Crippen molar-refractivity contribution in [3.05, 3.63) is 28.5 Å². The maximum atomic E-state index is 12.8. The van der Waals surface area contributed by atoms with Crippen molar-refractivity contribution in [1.29, 1.82) is 5.26 Å². The van der Waals surface area contributed by atoms with Gasteiger partial charge in [-0.25, -0.2) is 4.39 Å². The van der Waals surface area contributed by atoms with Crippen molar-refractivity contribution in [1.82, 2.24) is 0 Å².